The van der Waals surface area contributed by atoms with Crippen molar-refractivity contribution in [3.05, 3.63) is 38.5 Å². The largest absolute Gasteiger partial charge is 0.317 e. The van der Waals surface area contributed by atoms with E-state index in [1.165, 1.54) is 47.8 Å². The van der Waals surface area contributed by atoms with Crippen molar-refractivity contribution in [1.82, 2.24) is 15.2 Å². The number of hydrogen-bond acceptors (Lipinski definition) is 5. The second-order valence-corrected chi connectivity index (χ2v) is 10.6. The van der Waals surface area contributed by atoms with Crippen molar-refractivity contribution in [3.8, 4) is 0 Å². The van der Waals surface area contributed by atoms with E-state index in [1.54, 1.807) is 11.3 Å². The Morgan fingerprint density at radius 2 is 2.08 bits per heavy atom. The third kappa shape index (κ3) is 3.85. The molecule has 3 nitrogen and oxygen atoms in total. The number of thiophene rings is 1. The van der Waals surface area contributed by atoms with Crippen LogP contribution in [0.2, 0.25) is 0 Å². The van der Waals surface area contributed by atoms with Crippen molar-refractivity contribution < 1.29 is 0 Å². The summed E-state index contributed by atoms with van der Waals surface area (Å²) in [7, 11) is 0. The molecule has 1 aliphatic heterocycles. The van der Waals surface area contributed by atoms with Crippen LogP contribution in [0.4, 0.5) is 0 Å². The van der Waals surface area contributed by atoms with Crippen LogP contribution in [0.3, 0.4) is 0 Å². The highest BCUT2D eigenvalue weighted by molar-refractivity contribution is 7.11. The average molecular weight is 376 g/mol. The lowest BCUT2D eigenvalue weighted by Crippen LogP contribution is -2.35. The summed E-state index contributed by atoms with van der Waals surface area (Å²) in [5.74, 6) is 0. The topological polar surface area (TPSA) is 28.2 Å². The Kier molecular flexibility index (Phi) is 4.78. The van der Waals surface area contributed by atoms with Crippen LogP contribution in [-0.4, -0.2) is 29.0 Å². The third-order valence-corrected chi connectivity index (χ3v) is 7.92. The first-order valence-corrected chi connectivity index (χ1v) is 11.1. The number of thiazole rings is 1. The van der Waals surface area contributed by atoms with Gasteiger partial charge in [0.25, 0.3) is 0 Å². The predicted octanol–water partition coefficient (Wildman–Crippen LogP) is 4.65. The third-order valence-electron chi connectivity index (χ3n) is 5.78. The molecule has 1 atom stereocenters. The Balaban J connectivity index is 1.51. The van der Waals surface area contributed by atoms with Crippen molar-refractivity contribution in [3.63, 3.8) is 0 Å². The van der Waals surface area contributed by atoms with Crippen LogP contribution in [-0.2, 0) is 18.5 Å². The van der Waals surface area contributed by atoms with E-state index < -0.39 is 0 Å². The number of rotatable bonds is 5. The van der Waals surface area contributed by atoms with Crippen molar-refractivity contribution in [2.75, 3.05) is 13.1 Å². The van der Waals surface area contributed by atoms with Gasteiger partial charge in [-0.1, -0.05) is 20.8 Å². The minimum atomic E-state index is 0.198. The minimum absolute atomic E-state index is 0.198. The molecule has 2 aromatic rings. The van der Waals surface area contributed by atoms with Gasteiger partial charge in [0.2, 0.25) is 0 Å². The molecule has 5 heteroatoms. The molecule has 2 fully saturated rings. The van der Waals surface area contributed by atoms with Gasteiger partial charge in [-0.25, -0.2) is 4.98 Å². The maximum atomic E-state index is 4.76. The van der Waals surface area contributed by atoms with Crippen LogP contribution in [0, 0.1) is 5.41 Å². The van der Waals surface area contributed by atoms with Gasteiger partial charge >= 0.3 is 0 Å². The van der Waals surface area contributed by atoms with Gasteiger partial charge in [0.15, 0.2) is 0 Å². The molecule has 1 N–H and O–H groups in total. The zero-order valence-electron chi connectivity index (χ0n) is 15.5. The highest BCUT2D eigenvalue weighted by atomic mass is 32.1. The predicted molar refractivity (Wildman–Crippen MR) is 107 cm³/mol. The Morgan fingerprint density at radius 3 is 2.72 bits per heavy atom. The molecule has 136 valence electrons. The fraction of sp³-hybridized carbons (Fsp3) is 0.650. The van der Waals surface area contributed by atoms with E-state index in [2.05, 4.69) is 54.0 Å². The first-order valence-electron chi connectivity index (χ1n) is 9.37. The Labute approximate surface area is 159 Å². The molecule has 0 bridgehead atoms. The van der Waals surface area contributed by atoms with Crippen molar-refractivity contribution in [2.45, 2.75) is 64.6 Å². The van der Waals surface area contributed by atoms with Crippen LogP contribution in [0.25, 0.3) is 0 Å². The van der Waals surface area contributed by atoms with Crippen LogP contribution < -0.4 is 5.32 Å². The van der Waals surface area contributed by atoms with E-state index in [0.717, 1.165) is 19.1 Å². The average Bonchev–Trinajstić information content (AvgIpc) is 3.00. The molecule has 1 aliphatic carbocycles. The summed E-state index contributed by atoms with van der Waals surface area (Å²) in [5, 5.41) is 9.30. The molecule has 0 amide bonds. The molecular weight excluding hydrogens is 346 g/mol. The fourth-order valence-corrected chi connectivity index (χ4v) is 5.76. The molecule has 25 heavy (non-hydrogen) atoms. The van der Waals surface area contributed by atoms with E-state index in [0.29, 0.717) is 5.41 Å². The van der Waals surface area contributed by atoms with E-state index in [9.17, 15) is 0 Å². The summed E-state index contributed by atoms with van der Waals surface area (Å²) in [6, 6.07) is 3.01. The van der Waals surface area contributed by atoms with Gasteiger partial charge in [-0.2, -0.15) is 11.3 Å². The van der Waals surface area contributed by atoms with E-state index in [1.807, 2.05) is 11.3 Å². The van der Waals surface area contributed by atoms with Crippen molar-refractivity contribution in [2.24, 2.45) is 5.41 Å². The number of aromatic nitrogens is 1. The molecule has 0 radical (unpaired) electrons. The number of nitrogens with one attached hydrogen (secondary N) is 1. The highest BCUT2D eigenvalue weighted by Crippen LogP contribution is 2.56. The first-order chi connectivity index (χ1) is 12.0. The van der Waals surface area contributed by atoms with Gasteiger partial charge in [0.05, 0.1) is 6.54 Å². The summed E-state index contributed by atoms with van der Waals surface area (Å²) >= 11 is 3.70. The maximum Gasteiger partial charge on any atom is 0.107 e. The Bertz CT molecular complexity index is 693. The van der Waals surface area contributed by atoms with Gasteiger partial charge in [-0.15, -0.1) is 11.3 Å². The molecule has 2 aliphatic rings. The molecule has 1 saturated carbocycles. The van der Waals surface area contributed by atoms with Crippen LogP contribution in [0.15, 0.2) is 23.0 Å². The van der Waals surface area contributed by atoms with E-state index in [-0.39, 0.29) is 5.41 Å². The van der Waals surface area contributed by atoms with Crippen molar-refractivity contribution >= 4 is 22.7 Å². The lowest BCUT2D eigenvalue weighted by atomic mass is 9.93. The molecule has 4 rings (SSSR count). The van der Waals surface area contributed by atoms with Crippen LogP contribution in [0.5, 0.6) is 0 Å². The van der Waals surface area contributed by atoms with Crippen LogP contribution >= 0.6 is 22.7 Å². The molecule has 2 aromatic heterocycles. The number of piperidine rings is 1. The second kappa shape index (κ2) is 6.76. The zero-order chi connectivity index (χ0) is 17.5. The van der Waals surface area contributed by atoms with Gasteiger partial charge in [-0.05, 0) is 65.6 Å². The monoisotopic (exact) mass is 375 g/mol. The van der Waals surface area contributed by atoms with E-state index >= 15 is 0 Å². The highest BCUT2D eigenvalue weighted by Gasteiger charge is 2.56. The maximum absolute atomic E-state index is 4.76. The molecule has 0 aromatic carbocycles. The standard InChI is InChI=1S/C20H29N3S2/c1-19(2,3)17-11-22-18(25-17)13-23(12-15-4-9-24-14-15)16-10-20(16)5-7-21-8-6-20/h4,9,11,14,16,21H,5-8,10,12-13H2,1-3H3. The summed E-state index contributed by atoms with van der Waals surface area (Å²) in [6.07, 6.45) is 6.14. The lowest BCUT2D eigenvalue weighted by Gasteiger charge is -2.29. The fourth-order valence-electron chi connectivity index (χ4n) is 4.10. The van der Waals surface area contributed by atoms with Gasteiger partial charge in [-0.3, -0.25) is 4.90 Å². The Hall–Kier alpha value is -0.750. The quantitative estimate of drug-likeness (QED) is 0.825. The normalized spacial score (nSPS) is 22.6. The summed E-state index contributed by atoms with van der Waals surface area (Å²) < 4.78 is 0. The molecule has 1 unspecified atom stereocenters. The SMILES string of the molecule is CC(C)(C)c1cnc(CN(Cc2ccsc2)C2CC23CCNCC3)s1. The smallest absolute Gasteiger partial charge is 0.107 e. The molecule has 1 spiro atoms. The summed E-state index contributed by atoms with van der Waals surface area (Å²) in [6.45, 7) is 11.3. The minimum Gasteiger partial charge on any atom is -0.317 e. The van der Waals surface area contributed by atoms with Gasteiger partial charge in [0, 0.05) is 23.7 Å². The summed E-state index contributed by atoms with van der Waals surface area (Å²) in [5.41, 5.74) is 2.23. The van der Waals surface area contributed by atoms with Gasteiger partial charge < -0.3 is 5.32 Å². The molecule has 1 saturated heterocycles. The van der Waals surface area contributed by atoms with Crippen LogP contribution in [0.1, 0.15) is 55.5 Å². The zero-order valence-corrected chi connectivity index (χ0v) is 17.2. The van der Waals surface area contributed by atoms with Crippen molar-refractivity contribution in [1.29, 1.82) is 0 Å². The van der Waals surface area contributed by atoms with E-state index in [4.69, 9.17) is 4.98 Å². The molecule has 3 heterocycles. The second-order valence-electron chi connectivity index (χ2n) is 8.74. The summed E-state index contributed by atoms with van der Waals surface area (Å²) in [4.78, 5) is 8.86. The van der Waals surface area contributed by atoms with Gasteiger partial charge in [0.1, 0.15) is 5.01 Å². The molecular formula is C20H29N3S2. The first kappa shape index (κ1) is 17.7. The number of hydrogen-bond donors (Lipinski definition) is 1. The number of nitrogens with zero attached hydrogens (tertiary/aromatic N) is 2. The lowest BCUT2D eigenvalue weighted by molar-refractivity contribution is 0.188. The Morgan fingerprint density at radius 1 is 1.28 bits per heavy atom.